The molecular formula is C30H35NO4. The number of alkyl carbamates (subject to hydrolysis) is 1. The van der Waals surface area contributed by atoms with Gasteiger partial charge in [-0.3, -0.25) is 0 Å². The summed E-state index contributed by atoms with van der Waals surface area (Å²) in [5.74, 6) is 0.00188. The highest BCUT2D eigenvalue weighted by Gasteiger charge is 2.29. The molecule has 0 fully saturated rings. The molecule has 5 heteroatoms. The Morgan fingerprint density at radius 3 is 2.03 bits per heavy atom. The number of carbonyl (C=O) groups is 1. The van der Waals surface area contributed by atoms with E-state index in [9.17, 15) is 15.0 Å². The SMILES string of the molecule is CCc1cc(C)cc(CC)c1C(O)C(O)CCNC(=O)OCC1c2ccccc2-c2ccccc21. The first kappa shape index (κ1) is 25.0. The van der Waals surface area contributed by atoms with Crippen LogP contribution in [-0.2, 0) is 17.6 Å². The standard InChI is InChI=1S/C30H35NO4/c1-4-20-16-19(3)17-21(5-2)28(20)29(33)27(32)14-15-31-30(34)35-18-26-24-12-8-6-10-22(24)23-11-7-9-13-25(23)26/h6-13,16-17,26-27,29,32-33H,4-5,14-15,18H2,1-3H3,(H,31,34). The van der Waals surface area contributed by atoms with Crippen LogP contribution >= 0.6 is 0 Å². The molecule has 0 heterocycles. The number of hydrogen-bond donors (Lipinski definition) is 3. The topological polar surface area (TPSA) is 78.8 Å². The molecule has 1 amide bonds. The number of aliphatic hydroxyl groups excluding tert-OH is 2. The van der Waals surface area contributed by atoms with E-state index in [0.29, 0.717) is 0 Å². The molecule has 5 nitrogen and oxygen atoms in total. The molecule has 0 spiro atoms. The van der Waals surface area contributed by atoms with Gasteiger partial charge in [0.1, 0.15) is 12.7 Å². The van der Waals surface area contributed by atoms with Gasteiger partial charge in [0.05, 0.1) is 6.10 Å². The monoisotopic (exact) mass is 473 g/mol. The highest BCUT2D eigenvalue weighted by molar-refractivity contribution is 5.79. The summed E-state index contributed by atoms with van der Waals surface area (Å²) in [7, 11) is 0. The normalized spacial score (nSPS) is 14.2. The molecule has 1 aliphatic rings. The van der Waals surface area contributed by atoms with Crippen LogP contribution in [0.1, 0.15) is 65.7 Å². The van der Waals surface area contributed by atoms with Crippen molar-refractivity contribution in [2.75, 3.05) is 13.2 Å². The first-order chi connectivity index (χ1) is 16.9. The fourth-order valence-corrected chi connectivity index (χ4v) is 5.24. The first-order valence-electron chi connectivity index (χ1n) is 12.5. The molecule has 0 aliphatic heterocycles. The lowest BCUT2D eigenvalue weighted by Gasteiger charge is -2.24. The zero-order valence-corrected chi connectivity index (χ0v) is 20.8. The summed E-state index contributed by atoms with van der Waals surface area (Å²) >= 11 is 0. The Morgan fingerprint density at radius 1 is 0.943 bits per heavy atom. The van der Waals surface area contributed by atoms with Crippen LogP contribution in [0.25, 0.3) is 11.1 Å². The Hall–Kier alpha value is -3.15. The Kier molecular flexibility index (Phi) is 7.89. The summed E-state index contributed by atoms with van der Waals surface area (Å²) in [6.45, 7) is 6.60. The molecule has 0 saturated heterocycles. The summed E-state index contributed by atoms with van der Waals surface area (Å²) < 4.78 is 5.56. The van der Waals surface area contributed by atoms with Crippen LogP contribution in [0.3, 0.4) is 0 Å². The molecule has 2 unspecified atom stereocenters. The first-order valence-corrected chi connectivity index (χ1v) is 12.5. The quantitative estimate of drug-likeness (QED) is 0.387. The van der Waals surface area contributed by atoms with E-state index in [4.69, 9.17) is 4.74 Å². The maximum Gasteiger partial charge on any atom is 0.407 e. The zero-order valence-electron chi connectivity index (χ0n) is 20.8. The minimum atomic E-state index is -0.996. The zero-order chi connectivity index (χ0) is 24.9. The van der Waals surface area contributed by atoms with Gasteiger partial charge >= 0.3 is 6.09 Å². The van der Waals surface area contributed by atoms with E-state index >= 15 is 0 Å². The van der Waals surface area contributed by atoms with Gasteiger partial charge in [0.2, 0.25) is 0 Å². The fraction of sp³-hybridized carbons (Fsp3) is 0.367. The number of ether oxygens (including phenoxy) is 1. The molecule has 3 aromatic carbocycles. The van der Waals surface area contributed by atoms with E-state index in [1.54, 1.807) is 0 Å². The summed E-state index contributed by atoms with van der Waals surface area (Å²) in [6, 6.07) is 20.6. The average molecular weight is 474 g/mol. The van der Waals surface area contributed by atoms with Crippen molar-refractivity contribution >= 4 is 6.09 Å². The van der Waals surface area contributed by atoms with E-state index in [1.807, 2.05) is 31.2 Å². The molecular weight excluding hydrogens is 438 g/mol. The van der Waals surface area contributed by atoms with Gasteiger partial charge in [-0.25, -0.2) is 4.79 Å². The second-order valence-corrected chi connectivity index (χ2v) is 9.26. The average Bonchev–Trinajstić information content (AvgIpc) is 3.20. The third-order valence-electron chi connectivity index (χ3n) is 6.97. The third-order valence-corrected chi connectivity index (χ3v) is 6.97. The Bertz CT molecular complexity index is 1120. The van der Waals surface area contributed by atoms with Gasteiger partial charge in [-0.2, -0.15) is 0 Å². The highest BCUT2D eigenvalue weighted by atomic mass is 16.5. The molecule has 0 aromatic heterocycles. The predicted octanol–water partition coefficient (Wildman–Crippen LogP) is 5.44. The molecule has 3 aromatic rings. The molecule has 1 aliphatic carbocycles. The molecule has 0 saturated carbocycles. The Balaban J connectivity index is 1.32. The van der Waals surface area contributed by atoms with Crippen molar-refractivity contribution in [2.24, 2.45) is 0 Å². The van der Waals surface area contributed by atoms with E-state index in [-0.39, 0.29) is 25.5 Å². The number of fused-ring (bicyclic) bond motifs is 3. The molecule has 35 heavy (non-hydrogen) atoms. The van der Waals surface area contributed by atoms with Crippen LogP contribution in [0, 0.1) is 6.92 Å². The van der Waals surface area contributed by atoms with E-state index in [0.717, 1.165) is 46.2 Å². The van der Waals surface area contributed by atoms with Crippen LogP contribution in [0.2, 0.25) is 0 Å². The molecule has 2 atom stereocenters. The van der Waals surface area contributed by atoms with E-state index < -0.39 is 18.3 Å². The highest BCUT2D eigenvalue weighted by Crippen LogP contribution is 2.44. The Morgan fingerprint density at radius 2 is 1.49 bits per heavy atom. The second kappa shape index (κ2) is 11.1. The van der Waals surface area contributed by atoms with Crippen LogP contribution < -0.4 is 5.32 Å². The summed E-state index contributed by atoms with van der Waals surface area (Å²) in [5, 5.41) is 24.3. The smallest absolute Gasteiger partial charge is 0.407 e. The molecule has 184 valence electrons. The lowest BCUT2D eigenvalue weighted by Crippen LogP contribution is -2.31. The summed E-state index contributed by atoms with van der Waals surface area (Å²) in [5.41, 5.74) is 8.77. The van der Waals surface area contributed by atoms with Crippen molar-refractivity contribution in [3.8, 4) is 11.1 Å². The number of aryl methyl sites for hydroxylation is 3. The van der Waals surface area contributed by atoms with Crippen molar-refractivity contribution in [1.29, 1.82) is 0 Å². The number of hydrogen-bond acceptors (Lipinski definition) is 4. The van der Waals surface area contributed by atoms with Crippen LogP contribution in [0.4, 0.5) is 4.79 Å². The van der Waals surface area contributed by atoms with Gasteiger partial charge in [-0.15, -0.1) is 0 Å². The predicted molar refractivity (Wildman–Crippen MR) is 139 cm³/mol. The summed E-state index contributed by atoms with van der Waals surface area (Å²) in [4.78, 5) is 12.4. The van der Waals surface area contributed by atoms with Gasteiger partial charge in [-0.1, -0.05) is 80.1 Å². The van der Waals surface area contributed by atoms with Crippen LogP contribution in [0.15, 0.2) is 60.7 Å². The van der Waals surface area contributed by atoms with Crippen molar-refractivity contribution in [1.82, 2.24) is 5.32 Å². The summed E-state index contributed by atoms with van der Waals surface area (Å²) in [6.07, 6.45) is -0.706. The minimum Gasteiger partial charge on any atom is -0.449 e. The number of benzene rings is 3. The van der Waals surface area contributed by atoms with Crippen molar-refractivity contribution in [2.45, 2.75) is 58.2 Å². The van der Waals surface area contributed by atoms with Crippen LogP contribution in [0.5, 0.6) is 0 Å². The maximum atomic E-state index is 12.4. The molecule has 0 bridgehead atoms. The van der Waals surface area contributed by atoms with Crippen molar-refractivity contribution in [3.63, 3.8) is 0 Å². The molecule has 0 radical (unpaired) electrons. The maximum absolute atomic E-state index is 12.4. The number of aliphatic hydroxyl groups is 2. The second-order valence-electron chi connectivity index (χ2n) is 9.26. The largest absolute Gasteiger partial charge is 0.449 e. The van der Waals surface area contributed by atoms with Gasteiger partial charge in [0, 0.05) is 12.5 Å². The molecule has 3 N–H and O–H groups in total. The van der Waals surface area contributed by atoms with Gasteiger partial charge in [-0.05, 0) is 65.1 Å². The number of amides is 1. The third kappa shape index (κ3) is 5.26. The number of carbonyl (C=O) groups excluding carboxylic acids is 1. The van der Waals surface area contributed by atoms with Gasteiger partial charge in [0.25, 0.3) is 0 Å². The lowest BCUT2D eigenvalue weighted by molar-refractivity contribution is 0.0127. The van der Waals surface area contributed by atoms with Crippen LogP contribution in [-0.4, -0.2) is 35.6 Å². The van der Waals surface area contributed by atoms with Crippen molar-refractivity contribution in [3.05, 3.63) is 94.0 Å². The number of nitrogens with one attached hydrogen (secondary N) is 1. The number of rotatable bonds is 9. The Labute approximate surface area is 207 Å². The minimum absolute atomic E-state index is 0.00188. The fourth-order valence-electron chi connectivity index (χ4n) is 5.24. The molecule has 4 rings (SSSR count). The van der Waals surface area contributed by atoms with E-state index in [2.05, 4.69) is 55.6 Å². The van der Waals surface area contributed by atoms with E-state index in [1.165, 1.54) is 11.1 Å². The van der Waals surface area contributed by atoms with Gasteiger partial charge < -0.3 is 20.3 Å². The van der Waals surface area contributed by atoms with Crippen molar-refractivity contribution < 1.29 is 19.7 Å². The lowest BCUT2D eigenvalue weighted by atomic mass is 9.88. The van der Waals surface area contributed by atoms with Gasteiger partial charge in [0.15, 0.2) is 0 Å².